The number of carbonyl (C=O) groups excluding carboxylic acids is 1. The van der Waals surface area contributed by atoms with Gasteiger partial charge in [0.25, 0.3) is 5.69 Å². The molecule has 0 spiro atoms. The Bertz CT molecular complexity index is 716. The number of esters is 1. The summed E-state index contributed by atoms with van der Waals surface area (Å²) in [5, 5.41) is 10.7. The first-order chi connectivity index (χ1) is 10.8. The molecule has 0 saturated carbocycles. The second-order valence-electron chi connectivity index (χ2n) is 4.55. The van der Waals surface area contributed by atoms with Crippen LogP contribution >= 0.6 is 0 Å². The van der Waals surface area contributed by atoms with E-state index in [1.807, 2.05) is 0 Å². The number of hydrogen-bond acceptors (Lipinski definition) is 4. The maximum atomic E-state index is 13.1. The van der Waals surface area contributed by atoms with Crippen LogP contribution in [0.1, 0.15) is 22.0 Å². The molecule has 0 radical (unpaired) electrons. The highest BCUT2D eigenvalue weighted by atomic mass is 19.4. The molecule has 8 heteroatoms. The summed E-state index contributed by atoms with van der Waals surface area (Å²) in [6.07, 6.45) is -7.26. The zero-order valence-electron chi connectivity index (χ0n) is 11.5. The summed E-state index contributed by atoms with van der Waals surface area (Å²) in [7, 11) is 0. The third-order valence-corrected chi connectivity index (χ3v) is 2.92. The summed E-state index contributed by atoms with van der Waals surface area (Å²) in [6.45, 7) is 0. The zero-order valence-corrected chi connectivity index (χ0v) is 11.5. The van der Waals surface area contributed by atoms with Crippen LogP contribution < -0.4 is 0 Å². The van der Waals surface area contributed by atoms with E-state index in [0.717, 1.165) is 18.2 Å². The van der Waals surface area contributed by atoms with Crippen molar-refractivity contribution in [3.05, 3.63) is 75.8 Å². The predicted octanol–water partition coefficient (Wildman–Crippen LogP) is 4.06. The van der Waals surface area contributed by atoms with E-state index in [1.54, 1.807) is 0 Å². The third-order valence-electron chi connectivity index (χ3n) is 2.92. The molecule has 0 N–H and O–H groups in total. The smallest absolute Gasteiger partial charge is 0.429 e. The van der Waals surface area contributed by atoms with Crippen molar-refractivity contribution in [2.45, 2.75) is 12.3 Å². The van der Waals surface area contributed by atoms with Gasteiger partial charge in [-0.1, -0.05) is 36.4 Å². The molecule has 0 heterocycles. The van der Waals surface area contributed by atoms with Crippen molar-refractivity contribution in [1.82, 2.24) is 0 Å². The van der Waals surface area contributed by atoms with Crippen LogP contribution in [0.4, 0.5) is 18.9 Å². The Morgan fingerprint density at radius 2 is 1.74 bits per heavy atom. The van der Waals surface area contributed by atoms with Gasteiger partial charge in [-0.25, -0.2) is 4.79 Å². The summed E-state index contributed by atoms with van der Waals surface area (Å²) in [5.74, 6) is -1.29. The molecule has 2 rings (SSSR count). The molecule has 0 saturated heterocycles. The molecule has 1 unspecified atom stereocenters. The molecular formula is C15H10F3NO4. The van der Waals surface area contributed by atoms with Gasteiger partial charge in [0.15, 0.2) is 0 Å². The van der Waals surface area contributed by atoms with E-state index in [0.29, 0.717) is 0 Å². The number of hydrogen-bond donors (Lipinski definition) is 0. The monoisotopic (exact) mass is 325 g/mol. The molecule has 0 fully saturated rings. The number of alkyl halides is 3. The van der Waals surface area contributed by atoms with Crippen LogP contribution in [0.15, 0.2) is 54.6 Å². The number of ether oxygens (including phenoxy) is 1. The second-order valence-corrected chi connectivity index (χ2v) is 4.55. The largest absolute Gasteiger partial charge is 0.444 e. The Morgan fingerprint density at radius 3 is 2.30 bits per heavy atom. The highest BCUT2D eigenvalue weighted by Gasteiger charge is 2.44. The third kappa shape index (κ3) is 4.06. The highest BCUT2D eigenvalue weighted by Crippen LogP contribution is 2.36. The van der Waals surface area contributed by atoms with Gasteiger partial charge in [0.2, 0.25) is 6.10 Å². The number of non-ortho nitro benzene ring substituents is 1. The van der Waals surface area contributed by atoms with Crippen LogP contribution in [0.2, 0.25) is 0 Å². The highest BCUT2D eigenvalue weighted by molar-refractivity contribution is 5.90. The van der Waals surface area contributed by atoms with E-state index in [4.69, 9.17) is 0 Å². The van der Waals surface area contributed by atoms with Gasteiger partial charge in [-0.3, -0.25) is 10.1 Å². The lowest BCUT2D eigenvalue weighted by molar-refractivity contribution is -0.384. The van der Waals surface area contributed by atoms with Crippen LogP contribution in [0.3, 0.4) is 0 Å². The number of nitro groups is 1. The van der Waals surface area contributed by atoms with Crippen molar-refractivity contribution < 1.29 is 27.6 Å². The molecular weight excluding hydrogens is 315 g/mol. The van der Waals surface area contributed by atoms with Crippen molar-refractivity contribution in [3.8, 4) is 0 Å². The average Bonchev–Trinajstić information content (AvgIpc) is 2.52. The minimum atomic E-state index is -4.81. The molecule has 0 aromatic heterocycles. The van der Waals surface area contributed by atoms with Gasteiger partial charge in [0, 0.05) is 17.7 Å². The number of benzene rings is 2. The Kier molecular flexibility index (Phi) is 4.63. The first kappa shape index (κ1) is 16.5. The summed E-state index contributed by atoms with van der Waals surface area (Å²) in [4.78, 5) is 21.8. The Hall–Kier alpha value is -2.90. The van der Waals surface area contributed by atoms with Gasteiger partial charge in [0.05, 0.1) is 10.5 Å². The van der Waals surface area contributed by atoms with E-state index in [9.17, 15) is 28.1 Å². The minimum Gasteiger partial charge on any atom is -0.444 e. The summed E-state index contributed by atoms with van der Waals surface area (Å²) < 4.78 is 43.8. The Morgan fingerprint density at radius 1 is 1.09 bits per heavy atom. The van der Waals surface area contributed by atoms with Gasteiger partial charge in [-0.05, 0) is 6.07 Å². The summed E-state index contributed by atoms with van der Waals surface area (Å²) >= 11 is 0. The molecule has 1 atom stereocenters. The Labute approximate surface area is 128 Å². The fourth-order valence-corrected chi connectivity index (χ4v) is 1.87. The maximum absolute atomic E-state index is 13.1. The molecule has 5 nitrogen and oxygen atoms in total. The zero-order chi connectivity index (χ0) is 17.0. The van der Waals surface area contributed by atoms with Crippen LogP contribution in [0.25, 0.3) is 0 Å². The molecule has 120 valence electrons. The molecule has 0 bridgehead atoms. The number of rotatable bonds is 4. The molecule has 2 aromatic rings. The lowest BCUT2D eigenvalue weighted by atomic mass is 10.1. The number of nitrogens with zero attached hydrogens (tertiary/aromatic N) is 1. The predicted molar refractivity (Wildman–Crippen MR) is 73.7 cm³/mol. The average molecular weight is 325 g/mol. The fraction of sp³-hybridized carbons (Fsp3) is 0.133. The van der Waals surface area contributed by atoms with Crippen molar-refractivity contribution >= 4 is 11.7 Å². The van der Waals surface area contributed by atoms with Crippen molar-refractivity contribution in [2.75, 3.05) is 0 Å². The molecule has 0 aliphatic heterocycles. The van der Waals surface area contributed by atoms with Crippen LogP contribution in [-0.4, -0.2) is 17.1 Å². The van der Waals surface area contributed by atoms with E-state index < -0.39 is 28.9 Å². The standard InChI is InChI=1S/C15H10F3NO4/c16-15(17,18)13(10-5-2-1-3-6-10)23-14(20)11-7-4-8-12(9-11)19(21)22/h1-9,13H. The normalized spacial score (nSPS) is 12.5. The van der Waals surface area contributed by atoms with Crippen LogP contribution in [0.5, 0.6) is 0 Å². The summed E-state index contributed by atoms with van der Waals surface area (Å²) in [5.41, 5.74) is -0.981. The Balaban J connectivity index is 2.28. The molecule has 0 aliphatic rings. The fourth-order valence-electron chi connectivity index (χ4n) is 1.87. The first-order valence-electron chi connectivity index (χ1n) is 6.36. The number of nitro benzene ring substituents is 1. The number of carbonyl (C=O) groups is 1. The van der Waals surface area contributed by atoms with Gasteiger partial charge in [0.1, 0.15) is 0 Å². The van der Waals surface area contributed by atoms with E-state index >= 15 is 0 Å². The lowest BCUT2D eigenvalue weighted by Crippen LogP contribution is -2.26. The van der Waals surface area contributed by atoms with Crippen LogP contribution in [0, 0.1) is 10.1 Å². The minimum absolute atomic E-state index is 0.237. The first-order valence-corrected chi connectivity index (χ1v) is 6.36. The van der Waals surface area contributed by atoms with Crippen molar-refractivity contribution in [3.63, 3.8) is 0 Å². The van der Waals surface area contributed by atoms with Crippen LogP contribution in [-0.2, 0) is 4.74 Å². The van der Waals surface area contributed by atoms with Crippen molar-refractivity contribution in [1.29, 1.82) is 0 Å². The van der Waals surface area contributed by atoms with Crippen molar-refractivity contribution in [2.24, 2.45) is 0 Å². The number of halogens is 3. The lowest BCUT2D eigenvalue weighted by Gasteiger charge is -2.21. The molecule has 0 amide bonds. The maximum Gasteiger partial charge on any atom is 0.429 e. The van der Waals surface area contributed by atoms with E-state index in [-0.39, 0.29) is 11.1 Å². The van der Waals surface area contributed by atoms with Gasteiger partial charge < -0.3 is 4.74 Å². The molecule has 23 heavy (non-hydrogen) atoms. The quantitative estimate of drug-likeness (QED) is 0.483. The van der Waals surface area contributed by atoms with E-state index in [1.165, 1.54) is 36.4 Å². The topological polar surface area (TPSA) is 69.4 Å². The van der Waals surface area contributed by atoms with Gasteiger partial charge in [-0.2, -0.15) is 13.2 Å². The second kappa shape index (κ2) is 6.47. The van der Waals surface area contributed by atoms with Gasteiger partial charge in [-0.15, -0.1) is 0 Å². The molecule has 0 aliphatic carbocycles. The van der Waals surface area contributed by atoms with Gasteiger partial charge >= 0.3 is 12.1 Å². The summed E-state index contributed by atoms with van der Waals surface area (Å²) in [6, 6.07) is 11.0. The van der Waals surface area contributed by atoms with E-state index in [2.05, 4.69) is 4.74 Å². The SMILES string of the molecule is O=C(OC(c1ccccc1)C(F)(F)F)c1cccc([N+](=O)[O-])c1. The molecule has 2 aromatic carbocycles.